The zero-order chi connectivity index (χ0) is 7.56. The lowest BCUT2D eigenvalue weighted by atomic mass is 10.2. The largest absolute Gasteiger partial charge is 0.480 e. The van der Waals surface area contributed by atoms with Gasteiger partial charge in [0, 0.05) is 13.1 Å². The lowest BCUT2D eigenvalue weighted by Gasteiger charge is -2.26. The molecule has 0 saturated carbocycles. The molecule has 5 N–H and O–H groups in total. The molecule has 0 aromatic rings. The van der Waals surface area contributed by atoms with Crippen molar-refractivity contribution in [2.24, 2.45) is 5.73 Å². The predicted molar refractivity (Wildman–Crippen MR) is 35.4 cm³/mol. The van der Waals surface area contributed by atoms with Gasteiger partial charge in [-0.15, -0.1) is 0 Å². The Morgan fingerprint density at radius 2 is 2.30 bits per heavy atom. The molecule has 5 nitrogen and oxygen atoms in total. The smallest absolute Gasteiger partial charge is 0.322 e. The molecule has 1 saturated heterocycles. The first-order valence-corrected chi connectivity index (χ1v) is 3.15. The Hall–Kier alpha value is -0.650. The molecule has 10 heavy (non-hydrogen) atoms. The highest BCUT2D eigenvalue weighted by Crippen LogP contribution is 1.88. The van der Waals surface area contributed by atoms with Crippen molar-refractivity contribution < 1.29 is 9.90 Å². The van der Waals surface area contributed by atoms with E-state index < -0.39 is 12.0 Å². The Balaban J connectivity index is 2.39. The topological polar surface area (TPSA) is 87.4 Å². The standard InChI is InChI=1S/C5H11N3O2/c6-4-2-7-1-3(8-4)5(9)10/h3-4,7-8H,1-2,6H2,(H,9,10). The van der Waals surface area contributed by atoms with Crippen molar-refractivity contribution in [2.75, 3.05) is 13.1 Å². The third-order valence-corrected chi connectivity index (χ3v) is 1.43. The van der Waals surface area contributed by atoms with E-state index in [0.29, 0.717) is 13.1 Å². The molecule has 2 atom stereocenters. The third-order valence-electron chi connectivity index (χ3n) is 1.43. The van der Waals surface area contributed by atoms with E-state index in [4.69, 9.17) is 10.8 Å². The van der Waals surface area contributed by atoms with Crippen LogP contribution in [0.5, 0.6) is 0 Å². The molecule has 1 rings (SSSR count). The van der Waals surface area contributed by atoms with Gasteiger partial charge in [-0.05, 0) is 0 Å². The van der Waals surface area contributed by atoms with Crippen LogP contribution in [0, 0.1) is 0 Å². The number of rotatable bonds is 1. The van der Waals surface area contributed by atoms with Gasteiger partial charge >= 0.3 is 5.97 Å². The van der Waals surface area contributed by atoms with Gasteiger partial charge in [-0.2, -0.15) is 0 Å². The number of hydrogen-bond acceptors (Lipinski definition) is 4. The Labute approximate surface area is 58.6 Å². The highest BCUT2D eigenvalue weighted by atomic mass is 16.4. The zero-order valence-electron chi connectivity index (χ0n) is 5.50. The Kier molecular flexibility index (Phi) is 2.21. The van der Waals surface area contributed by atoms with Gasteiger partial charge in [0.05, 0.1) is 6.17 Å². The van der Waals surface area contributed by atoms with E-state index in [9.17, 15) is 4.79 Å². The van der Waals surface area contributed by atoms with E-state index in [0.717, 1.165) is 0 Å². The molecular weight excluding hydrogens is 134 g/mol. The maximum Gasteiger partial charge on any atom is 0.322 e. The molecular formula is C5H11N3O2. The average molecular weight is 145 g/mol. The molecule has 0 radical (unpaired) electrons. The number of hydrogen-bond donors (Lipinski definition) is 4. The van der Waals surface area contributed by atoms with E-state index in [-0.39, 0.29) is 6.17 Å². The van der Waals surface area contributed by atoms with Gasteiger partial charge in [-0.3, -0.25) is 10.1 Å². The van der Waals surface area contributed by atoms with E-state index in [1.165, 1.54) is 0 Å². The fourth-order valence-electron chi connectivity index (χ4n) is 0.918. The molecule has 1 fully saturated rings. The van der Waals surface area contributed by atoms with Crippen LogP contribution < -0.4 is 16.4 Å². The molecule has 0 aromatic heterocycles. The number of piperazine rings is 1. The minimum absolute atomic E-state index is 0.241. The van der Waals surface area contributed by atoms with Crippen LogP contribution in [-0.2, 0) is 4.79 Å². The molecule has 58 valence electrons. The molecule has 1 aliphatic rings. The van der Waals surface area contributed by atoms with Gasteiger partial charge < -0.3 is 16.2 Å². The molecule has 0 amide bonds. The maximum atomic E-state index is 10.3. The second kappa shape index (κ2) is 2.96. The molecule has 0 bridgehead atoms. The molecule has 0 aliphatic carbocycles. The second-order valence-electron chi connectivity index (χ2n) is 2.32. The Morgan fingerprint density at radius 1 is 1.60 bits per heavy atom. The molecule has 2 unspecified atom stereocenters. The van der Waals surface area contributed by atoms with Crippen LogP contribution in [0.4, 0.5) is 0 Å². The van der Waals surface area contributed by atoms with E-state index in [1.54, 1.807) is 0 Å². The van der Waals surface area contributed by atoms with Crippen molar-refractivity contribution in [3.8, 4) is 0 Å². The zero-order valence-corrected chi connectivity index (χ0v) is 5.50. The normalized spacial score (nSPS) is 33.7. The van der Waals surface area contributed by atoms with Crippen LogP contribution in [0.3, 0.4) is 0 Å². The van der Waals surface area contributed by atoms with E-state index in [1.807, 2.05) is 0 Å². The molecule has 1 aliphatic heterocycles. The van der Waals surface area contributed by atoms with Crippen molar-refractivity contribution in [3.05, 3.63) is 0 Å². The van der Waals surface area contributed by atoms with Crippen LogP contribution in [0.15, 0.2) is 0 Å². The van der Waals surface area contributed by atoms with Crippen molar-refractivity contribution in [2.45, 2.75) is 12.2 Å². The SMILES string of the molecule is NC1CNCC(C(=O)O)N1. The summed E-state index contributed by atoms with van der Waals surface area (Å²) >= 11 is 0. The first-order valence-electron chi connectivity index (χ1n) is 3.15. The van der Waals surface area contributed by atoms with Gasteiger partial charge in [-0.1, -0.05) is 0 Å². The van der Waals surface area contributed by atoms with E-state index >= 15 is 0 Å². The number of carboxylic acids is 1. The highest BCUT2D eigenvalue weighted by Gasteiger charge is 2.22. The Morgan fingerprint density at radius 3 is 2.70 bits per heavy atom. The minimum Gasteiger partial charge on any atom is -0.480 e. The fourth-order valence-corrected chi connectivity index (χ4v) is 0.918. The number of carboxylic acid groups (broad SMARTS) is 1. The summed E-state index contributed by atoms with van der Waals surface area (Å²) in [4.78, 5) is 10.3. The summed E-state index contributed by atoms with van der Waals surface area (Å²) in [5.41, 5.74) is 5.43. The average Bonchev–Trinajstić information content (AvgIpc) is 1.88. The summed E-state index contributed by atoms with van der Waals surface area (Å²) in [6, 6.07) is -0.538. The second-order valence-corrected chi connectivity index (χ2v) is 2.32. The summed E-state index contributed by atoms with van der Waals surface area (Å²) < 4.78 is 0. The van der Waals surface area contributed by atoms with Crippen molar-refractivity contribution in [1.82, 2.24) is 10.6 Å². The van der Waals surface area contributed by atoms with Crippen molar-refractivity contribution in [1.29, 1.82) is 0 Å². The summed E-state index contributed by atoms with van der Waals surface area (Å²) in [5.74, 6) is -0.859. The number of aliphatic carboxylic acids is 1. The van der Waals surface area contributed by atoms with Gasteiger partial charge in [-0.25, -0.2) is 0 Å². The monoisotopic (exact) mass is 145 g/mol. The summed E-state index contributed by atoms with van der Waals surface area (Å²) in [6.07, 6.45) is -0.241. The van der Waals surface area contributed by atoms with Crippen LogP contribution in [0.25, 0.3) is 0 Å². The number of nitrogens with one attached hydrogen (secondary N) is 2. The molecule has 0 aromatic carbocycles. The molecule has 0 spiro atoms. The molecule has 1 heterocycles. The first-order chi connectivity index (χ1) is 4.70. The van der Waals surface area contributed by atoms with Gasteiger partial charge in [0.25, 0.3) is 0 Å². The molecule has 5 heteroatoms. The minimum atomic E-state index is -0.859. The highest BCUT2D eigenvalue weighted by molar-refractivity contribution is 5.73. The van der Waals surface area contributed by atoms with Crippen molar-refractivity contribution in [3.63, 3.8) is 0 Å². The summed E-state index contributed by atoms with van der Waals surface area (Å²) in [7, 11) is 0. The van der Waals surface area contributed by atoms with Gasteiger partial charge in [0.2, 0.25) is 0 Å². The van der Waals surface area contributed by atoms with Gasteiger partial charge in [0.15, 0.2) is 0 Å². The quantitative estimate of drug-likeness (QED) is 0.340. The first kappa shape index (κ1) is 7.46. The fraction of sp³-hybridized carbons (Fsp3) is 0.800. The summed E-state index contributed by atoms with van der Waals surface area (Å²) in [6.45, 7) is 1.08. The Bertz CT molecular complexity index is 139. The van der Waals surface area contributed by atoms with E-state index in [2.05, 4.69) is 10.6 Å². The van der Waals surface area contributed by atoms with Crippen LogP contribution in [0.2, 0.25) is 0 Å². The predicted octanol–water partition coefficient (Wildman–Crippen LogP) is -2.08. The third kappa shape index (κ3) is 1.66. The summed E-state index contributed by atoms with van der Waals surface area (Å²) in [5, 5.41) is 14.1. The number of nitrogens with two attached hydrogens (primary N) is 1. The van der Waals surface area contributed by atoms with Crippen LogP contribution in [-0.4, -0.2) is 36.4 Å². The van der Waals surface area contributed by atoms with Crippen LogP contribution in [0.1, 0.15) is 0 Å². The van der Waals surface area contributed by atoms with Crippen LogP contribution >= 0.6 is 0 Å². The maximum absolute atomic E-state index is 10.3. The van der Waals surface area contributed by atoms with Gasteiger partial charge in [0.1, 0.15) is 6.04 Å². The van der Waals surface area contributed by atoms with Crippen molar-refractivity contribution >= 4 is 5.97 Å². The lowest BCUT2D eigenvalue weighted by Crippen LogP contribution is -2.61. The number of carbonyl (C=O) groups is 1. The lowest BCUT2D eigenvalue weighted by molar-refractivity contribution is -0.140.